The first-order chi connectivity index (χ1) is 18.5. The standard InChI is InChI=1S/C22H18N6/c1-15-12-18(4-3-10-23)13-16(2)21(15)27-20-9-11-25-22(28-20)26-19-7-5-17(14-24)6-8-19/h3-9,11-13H,1-2H3,(H2,25,26,27,28)/b4-3+/i1D3,2D3,3D,4D,5D,6D,7D,8D. The molecule has 0 saturated heterocycles. The van der Waals surface area contributed by atoms with Gasteiger partial charge in [0.1, 0.15) is 5.82 Å². The minimum Gasteiger partial charge on any atom is -0.340 e. The average molecular weight is 379 g/mol. The van der Waals surface area contributed by atoms with Gasteiger partial charge in [-0.1, -0.05) is 0 Å². The molecule has 3 aromatic rings. The van der Waals surface area contributed by atoms with Gasteiger partial charge in [-0.25, -0.2) is 4.98 Å². The van der Waals surface area contributed by atoms with E-state index in [-0.39, 0.29) is 28.7 Å². The van der Waals surface area contributed by atoms with E-state index in [2.05, 4.69) is 20.6 Å². The maximum absolute atomic E-state index is 9.13. The van der Waals surface area contributed by atoms with Gasteiger partial charge in [0.05, 0.1) is 25.9 Å². The molecule has 3 rings (SSSR count). The smallest absolute Gasteiger partial charge is 0.229 e. The van der Waals surface area contributed by atoms with Crippen molar-refractivity contribution >= 4 is 29.2 Å². The van der Waals surface area contributed by atoms with Crippen molar-refractivity contribution in [3.8, 4) is 12.1 Å². The number of benzene rings is 2. The van der Waals surface area contributed by atoms with Crippen LogP contribution >= 0.6 is 0 Å². The summed E-state index contributed by atoms with van der Waals surface area (Å²) in [6.45, 7) is -5.81. The van der Waals surface area contributed by atoms with E-state index in [1.54, 1.807) is 6.07 Å². The number of anilines is 4. The fraction of sp³-hybridized carbons (Fsp3) is 0.0909. The number of allylic oxidation sites excluding steroid dienone is 1. The maximum atomic E-state index is 9.13. The predicted octanol–water partition coefficient (Wildman–Crippen LogP) is 4.99. The molecule has 6 nitrogen and oxygen atoms in total. The Labute approximate surface area is 180 Å². The summed E-state index contributed by atoms with van der Waals surface area (Å²) in [7, 11) is 0. The van der Waals surface area contributed by atoms with Crippen molar-refractivity contribution in [2.45, 2.75) is 13.7 Å². The van der Waals surface area contributed by atoms with E-state index in [1.807, 2.05) is 0 Å². The third-order valence-electron chi connectivity index (χ3n) is 3.28. The molecule has 1 aromatic heterocycles. The summed E-state index contributed by atoms with van der Waals surface area (Å²) in [4.78, 5) is 8.07. The Morgan fingerprint density at radius 1 is 1.14 bits per heavy atom. The van der Waals surface area contributed by atoms with Gasteiger partial charge in [-0.15, -0.1) is 0 Å². The van der Waals surface area contributed by atoms with Crippen molar-refractivity contribution < 1.29 is 16.4 Å². The van der Waals surface area contributed by atoms with E-state index in [9.17, 15) is 0 Å². The summed E-state index contributed by atoms with van der Waals surface area (Å²) in [5.41, 5.74) is -2.47. The number of aryl methyl sites for hydroxylation is 2. The number of nitrogens with zero attached hydrogens (tertiary/aromatic N) is 4. The van der Waals surface area contributed by atoms with E-state index < -0.39 is 66.7 Å². The lowest BCUT2D eigenvalue weighted by molar-refractivity contribution is 1.16. The van der Waals surface area contributed by atoms with Gasteiger partial charge in [-0.2, -0.15) is 15.5 Å². The molecule has 0 radical (unpaired) electrons. The van der Waals surface area contributed by atoms with Crippen molar-refractivity contribution in [2.75, 3.05) is 10.6 Å². The first-order valence-corrected chi connectivity index (χ1v) is 7.65. The molecule has 1 heterocycles. The Bertz CT molecular complexity index is 1550. The average Bonchev–Trinajstić information content (AvgIpc) is 2.88. The highest BCUT2D eigenvalue weighted by Gasteiger charge is 2.07. The van der Waals surface area contributed by atoms with Gasteiger partial charge >= 0.3 is 0 Å². The number of nitrogens with one attached hydrogen (secondary N) is 2. The molecular formula is C22H18N6. The normalized spacial score (nSPS) is 18.1. The summed E-state index contributed by atoms with van der Waals surface area (Å²) < 4.78 is 95.4. The van der Waals surface area contributed by atoms with Crippen molar-refractivity contribution in [1.82, 2.24) is 9.97 Å². The molecule has 6 heteroatoms. The van der Waals surface area contributed by atoms with Gasteiger partial charge in [0, 0.05) is 31.8 Å². The van der Waals surface area contributed by atoms with Crippen LogP contribution in [0.5, 0.6) is 0 Å². The molecule has 2 N–H and O–H groups in total. The lowest BCUT2D eigenvalue weighted by atomic mass is 10.0. The second-order valence-corrected chi connectivity index (χ2v) is 5.19. The van der Waals surface area contributed by atoms with Gasteiger partial charge in [-0.05, 0) is 78.8 Å². The minimum absolute atomic E-state index is 0.120. The first kappa shape index (κ1) is 8.69. The molecule has 0 amide bonds. The molecule has 0 unspecified atom stereocenters. The van der Waals surface area contributed by atoms with E-state index in [4.69, 9.17) is 27.0 Å². The third kappa shape index (κ3) is 4.51. The van der Waals surface area contributed by atoms with Crippen molar-refractivity contribution in [1.29, 1.82) is 10.5 Å². The molecule has 0 aliphatic carbocycles. The summed E-state index contributed by atoms with van der Waals surface area (Å²) in [5.74, 6) is -0.382. The Balaban J connectivity index is 2.17. The SMILES string of the molecule is [2H]/C(C#N)=C(/[2H])c1cc(C([2H])([2H])[2H])c(Nc2ccnc(Nc3c([2H])c([2H])c(C#N)c([2H])c3[2H])n2)c(C([2H])([2H])[2H])c1. The summed E-state index contributed by atoms with van der Waals surface area (Å²) in [6.07, 6.45) is 1.19. The van der Waals surface area contributed by atoms with Crippen LogP contribution in [0.4, 0.5) is 23.1 Å². The number of rotatable bonds is 5. The molecule has 0 fully saturated rings. The van der Waals surface area contributed by atoms with Crippen LogP contribution in [-0.4, -0.2) is 9.97 Å². The molecule has 0 saturated carbocycles. The van der Waals surface area contributed by atoms with Gasteiger partial charge in [-0.3, -0.25) is 0 Å². The Hall–Kier alpha value is -4.16. The zero-order chi connectivity index (χ0) is 30.2. The highest BCUT2D eigenvalue weighted by atomic mass is 15.1. The molecule has 136 valence electrons. The van der Waals surface area contributed by atoms with Gasteiger partial charge in [0.25, 0.3) is 0 Å². The fourth-order valence-corrected chi connectivity index (χ4v) is 2.11. The van der Waals surface area contributed by atoms with Crippen LogP contribution in [0.1, 0.15) is 38.7 Å². The molecule has 0 spiro atoms. The van der Waals surface area contributed by atoms with Gasteiger partial charge in [0.2, 0.25) is 5.95 Å². The number of nitriles is 2. The monoisotopic (exact) mass is 378 g/mol. The molecule has 0 aliphatic heterocycles. The highest BCUT2D eigenvalue weighted by Crippen LogP contribution is 2.26. The van der Waals surface area contributed by atoms with E-state index >= 15 is 0 Å². The molecule has 0 aliphatic rings. The van der Waals surface area contributed by atoms with E-state index in [0.29, 0.717) is 0 Å². The predicted molar refractivity (Wildman–Crippen MR) is 110 cm³/mol. The largest absolute Gasteiger partial charge is 0.340 e. The lowest BCUT2D eigenvalue weighted by Crippen LogP contribution is -2.02. The number of hydrogen-bond acceptors (Lipinski definition) is 6. The third-order valence-corrected chi connectivity index (χ3v) is 3.28. The second-order valence-electron chi connectivity index (χ2n) is 5.19. The van der Waals surface area contributed by atoms with Crippen LogP contribution in [0.15, 0.2) is 54.6 Å². The van der Waals surface area contributed by atoms with Crippen molar-refractivity contribution in [3.05, 3.63) is 76.9 Å². The van der Waals surface area contributed by atoms with E-state index in [1.165, 1.54) is 18.3 Å². The zero-order valence-electron chi connectivity index (χ0n) is 26.1. The molecular weight excluding hydrogens is 348 g/mol. The topological polar surface area (TPSA) is 97.4 Å². The van der Waals surface area contributed by atoms with Gasteiger partial charge in [0.15, 0.2) is 0 Å². The van der Waals surface area contributed by atoms with Crippen LogP contribution < -0.4 is 10.6 Å². The summed E-state index contributed by atoms with van der Waals surface area (Å²) >= 11 is 0. The molecule has 0 atom stereocenters. The Kier molecular flexibility index (Phi) is 2.63. The second kappa shape index (κ2) is 8.48. The van der Waals surface area contributed by atoms with Crippen LogP contribution in [0.25, 0.3) is 6.05 Å². The molecule has 2 aromatic carbocycles. The summed E-state index contributed by atoms with van der Waals surface area (Å²) in [6, 6.07) is 2.56. The Morgan fingerprint density at radius 3 is 2.54 bits per heavy atom. The highest BCUT2D eigenvalue weighted by molar-refractivity contribution is 5.69. The Morgan fingerprint density at radius 2 is 1.89 bits per heavy atom. The fourth-order valence-electron chi connectivity index (χ4n) is 2.11. The van der Waals surface area contributed by atoms with Gasteiger partial charge < -0.3 is 10.6 Å². The zero-order valence-corrected chi connectivity index (χ0v) is 14.1. The van der Waals surface area contributed by atoms with Crippen molar-refractivity contribution in [2.24, 2.45) is 0 Å². The van der Waals surface area contributed by atoms with Crippen LogP contribution in [0, 0.1) is 36.4 Å². The van der Waals surface area contributed by atoms with E-state index in [0.717, 1.165) is 12.1 Å². The quantitative estimate of drug-likeness (QED) is 0.607. The maximum Gasteiger partial charge on any atom is 0.229 e. The number of hydrogen-bond donors (Lipinski definition) is 2. The van der Waals surface area contributed by atoms with Crippen LogP contribution in [-0.2, 0) is 0 Å². The number of aromatic nitrogens is 2. The van der Waals surface area contributed by atoms with Crippen LogP contribution in [0.3, 0.4) is 0 Å². The minimum atomic E-state index is -2.90. The first-order valence-electron chi connectivity index (χ1n) is 13.7. The summed E-state index contributed by atoms with van der Waals surface area (Å²) in [5, 5.41) is 23.3. The van der Waals surface area contributed by atoms with Crippen molar-refractivity contribution in [3.63, 3.8) is 0 Å². The van der Waals surface area contributed by atoms with Crippen LogP contribution in [0.2, 0.25) is 0 Å². The molecule has 0 bridgehead atoms. The molecule has 28 heavy (non-hydrogen) atoms. The lowest BCUT2D eigenvalue weighted by Gasteiger charge is -2.14.